The van der Waals surface area contributed by atoms with E-state index >= 15 is 0 Å². The van der Waals surface area contributed by atoms with Gasteiger partial charge in [-0.05, 0) is 37.5 Å². The van der Waals surface area contributed by atoms with Gasteiger partial charge in [0.05, 0.1) is 0 Å². The molecule has 1 N–H and O–H groups in total. The van der Waals surface area contributed by atoms with Crippen molar-refractivity contribution in [3.8, 4) is 17.6 Å². The molecule has 2 aliphatic carbocycles. The van der Waals surface area contributed by atoms with Crippen LogP contribution in [0.2, 0.25) is 0 Å². The molecule has 2 saturated carbocycles. The molecule has 0 unspecified atom stereocenters. The SMILES string of the molecule is N#Cc1cc(OCC(F)F)c(C2CC2)cn1.O=C(O)c1cc(OCC(F)F)c(C2CC2)cn1. The van der Waals surface area contributed by atoms with Crippen molar-refractivity contribution in [1.29, 1.82) is 5.26 Å². The van der Waals surface area contributed by atoms with E-state index in [0.717, 1.165) is 36.8 Å². The molecule has 2 aliphatic rings. The lowest BCUT2D eigenvalue weighted by atomic mass is 10.1. The summed E-state index contributed by atoms with van der Waals surface area (Å²) in [4.78, 5) is 18.4. The minimum Gasteiger partial charge on any atom is -0.487 e. The molecule has 0 radical (unpaired) electrons. The molecule has 33 heavy (non-hydrogen) atoms. The van der Waals surface area contributed by atoms with Crippen molar-refractivity contribution in [1.82, 2.24) is 9.97 Å². The molecule has 176 valence electrons. The van der Waals surface area contributed by atoms with E-state index in [1.54, 1.807) is 6.20 Å². The molecular formula is C22H21F4N3O4. The van der Waals surface area contributed by atoms with Gasteiger partial charge in [-0.1, -0.05) is 0 Å². The van der Waals surface area contributed by atoms with Gasteiger partial charge in [0.2, 0.25) is 0 Å². The second-order valence-electron chi connectivity index (χ2n) is 7.58. The van der Waals surface area contributed by atoms with Crippen LogP contribution in [0.15, 0.2) is 24.5 Å². The first-order valence-electron chi connectivity index (χ1n) is 10.2. The first-order valence-corrected chi connectivity index (χ1v) is 10.2. The van der Waals surface area contributed by atoms with Crippen LogP contribution >= 0.6 is 0 Å². The Morgan fingerprint density at radius 1 is 0.970 bits per heavy atom. The molecule has 0 spiro atoms. The number of carbonyl (C=O) groups is 1. The molecular weight excluding hydrogens is 446 g/mol. The van der Waals surface area contributed by atoms with Gasteiger partial charge in [0, 0.05) is 35.7 Å². The summed E-state index contributed by atoms with van der Waals surface area (Å²) in [6.07, 6.45) is 1.84. The van der Waals surface area contributed by atoms with E-state index in [9.17, 15) is 22.4 Å². The molecule has 2 heterocycles. The normalized spacial score (nSPS) is 14.9. The van der Waals surface area contributed by atoms with Gasteiger partial charge in [0.15, 0.2) is 5.69 Å². The van der Waals surface area contributed by atoms with Crippen LogP contribution in [0.3, 0.4) is 0 Å². The number of nitriles is 1. The Hall–Kier alpha value is -3.42. The Labute approximate surface area is 187 Å². The summed E-state index contributed by atoms with van der Waals surface area (Å²) >= 11 is 0. The smallest absolute Gasteiger partial charge is 0.354 e. The van der Waals surface area contributed by atoms with E-state index < -0.39 is 32.0 Å². The number of nitrogens with zero attached hydrogens (tertiary/aromatic N) is 3. The highest BCUT2D eigenvalue weighted by Crippen LogP contribution is 2.45. The molecule has 0 atom stereocenters. The van der Waals surface area contributed by atoms with E-state index in [1.165, 1.54) is 18.3 Å². The number of ether oxygens (including phenoxy) is 2. The summed E-state index contributed by atoms with van der Waals surface area (Å²) in [5.41, 5.74) is 1.54. The third-order valence-electron chi connectivity index (χ3n) is 4.89. The fourth-order valence-corrected chi connectivity index (χ4v) is 3.03. The largest absolute Gasteiger partial charge is 0.487 e. The molecule has 4 rings (SSSR count). The molecule has 0 amide bonds. The molecule has 0 aliphatic heterocycles. The van der Waals surface area contributed by atoms with Crippen molar-refractivity contribution in [2.75, 3.05) is 13.2 Å². The van der Waals surface area contributed by atoms with Crippen molar-refractivity contribution in [2.24, 2.45) is 0 Å². The van der Waals surface area contributed by atoms with Gasteiger partial charge in [-0.3, -0.25) is 0 Å². The zero-order valence-electron chi connectivity index (χ0n) is 17.4. The van der Waals surface area contributed by atoms with Gasteiger partial charge in [-0.15, -0.1) is 0 Å². The summed E-state index contributed by atoms with van der Waals surface area (Å²) in [5.74, 6) is -0.00488. The second-order valence-corrected chi connectivity index (χ2v) is 7.58. The predicted molar refractivity (Wildman–Crippen MR) is 107 cm³/mol. The number of carboxylic acids is 1. The maximum Gasteiger partial charge on any atom is 0.354 e. The fraction of sp³-hybridized carbons (Fsp3) is 0.455. The Morgan fingerprint density at radius 3 is 1.88 bits per heavy atom. The lowest BCUT2D eigenvalue weighted by Crippen LogP contribution is -2.10. The third-order valence-corrected chi connectivity index (χ3v) is 4.89. The Balaban J connectivity index is 0.000000186. The summed E-state index contributed by atoms with van der Waals surface area (Å²) in [5, 5.41) is 17.4. The molecule has 7 nitrogen and oxygen atoms in total. The van der Waals surface area contributed by atoms with E-state index in [1.807, 2.05) is 6.07 Å². The summed E-state index contributed by atoms with van der Waals surface area (Å²) < 4.78 is 58.2. The van der Waals surface area contributed by atoms with Crippen LogP contribution in [-0.2, 0) is 0 Å². The summed E-state index contributed by atoms with van der Waals surface area (Å²) in [7, 11) is 0. The van der Waals surface area contributed by atoms with E-state index in [4.69, 9.17) is 19.8 Å². The zero-order chi connectivity index (χ0) is 24.0. The van der Waals surface area contributed by atoms with Gasteiger partial charge < -0.3 is 14.6 Å². The number of carboxylic acid groups (broad SMARTS) is 1. The summed E-state index contributed by atoms with van der Waals surface area (Å²) in [6.45, 7) is -1.38. The lowest BCUT2D eigenvalue weighted by molar-refractivity contribution is 0.0688. The van der Waals surface area contributed by atoms with Crippen LogP contribution in [0, 0.1) is 11.3 Å². The van der Waals surface area contributed by atoms with Gasteiger partial charge in [-0.2, -0.15) is 5.26 Å². The summed E-state index contributed by atoms with van der Waals surface area (Å²) in [6, 6.07) is 4.50. The Kier molecular flexibility index (Phi) is 8.03. The number of aromatic carboxylic acids is 1. The van der Waals surface area contributed by atoms with Crippen molar-refractivity contribution < 1.29 is 36.9 Å². The van der Waals surface area contributed by atoms with Crippen molar-refractivity contribution >= 4 is 5.97 Å². The average molecular weight is 467 g/mol. The minimum atomic E-state index is -2.58. The molecule has 0 bridgehead atoms. The quantitative estimate of drug-likeness (QED) is 0.530. The van der Waals surface area contributed by atoms with E-state index in [2.05, 4.69) is 9.97 Å². The first kappa shape index (κ1) is 24.2. The number of alkyl halides is 4. The predicted octanol–water partition coefficient (Wildman–Crippen LogP) is 4.78. The number of rotatable bonds is 9. The molecule has 0 aromatic carbocycles. The fourth-order valence-electron chi connectivity index (χ4n) is 3.03. The standard InChI is InChI=1S/C11H10F2N2O.C11H11F2NO3/c12-11(13)6-16-10-3-8(4-14)15-5-9(10)7-1-2-7;12-10(13)5-17-9-3-8(11(15)16)14-4-7(9)6-1-2-6/h3,5,7,11H,1-2,6H2;3-4,6,10H,1-2,5H2,(H,15,16). The second kappa shape index (κ2) is 10.9. The van der Waals surface area contributed by atoms with Crippen LogP contribution in [0.1, 0.15) is 64.8 Å². The highest BCUT2D eigenvalue weighted by atomic mass is 19.3. The van der Waals surface area contributed by atoms with Gasteiger partial charge >= 0.3 is 5.97 Å². The molecule has 0 saturated heterocycles. The number of hydrogen-bond donors (Lipinski definition) is 1. The molecule has 11 heteroatoms. The monoisotopic (exact) mass is 467 g/mol. The van der Waals surface area contributed by atoms with E-state index in [0.29, 0.717) is 11.7 Å². The molecule has 2 fully saturated rings. The maximum atomic E-state index is 12.1. The van der Waals surface area contributed by atoms with Crippen molar-refractivity contribution in [3.05, 3.63) is 47.0 Å². The van der Waals surface area contributed by atoms with Crippen LogP contribution in [0.25, 0.3) is 0 Å². The topological polar surface area (TPSA) is 105 Å². The van der Waals surface area contributed by atoms with Crippen molar-refractivity contribution in [3.63, 3.8) is 0 Å². The molecule has 2 aromatic heterocycles. The number of halogens is 4. The maximum absolute atomic E-state index is 12.1. The van der Waals surface area contributed by atoms with Crippen LogP contribution in [0.5, 0.6) is 11.5 Å². The number of pyridine rings is 2. The highest BCUT2D eigenvalue weighted by Gasteiger charge is 2.29. The van der Waals surface area contributed by atoms with E-state index in [-0.39, 0.29) is 23.1 Å². The minimum absolute atomic E-state index is 0.189. The van der Waals surface area contributed by atoms with Crippen LogP contribution < -0.4 is 9.47 Å². The highest BCUT2D eigenvalue weighted by molar-refractivity contribution is 5.85. The zero-order valence-corrected chi connectivity index (χ0v) is 17.4. The van der Waals surface area contributed by atoms with Gasteiger partial charge in [0.1, 0.15) is 36.5 Å². The number of aromatic nitrogens is 2. The first-order chi connectivity index (χ1) is 15.8. The van der Waals surface area contributed by atoms with Gasteiger partial charge in [-0.25, -0.2) is 32.3 Å². The van der Waals surface area contributed by atoms with Crippen LogP contribution in [-0.4, -0.2) is 47.1 Å². The lowest BCUT2D eigenvalue weighted by Gasteiger charge is -2.10. The average Bonchev–Trinajstić information content (AvgIpc) is 3.69. The molecule has 2 aromatic rings. The Morgan fingerprint density at radius 2 is 1.45 bits per heavy atom. The third kappa shape index (κ3) is 7.30. The van der Waals surface area contributed by atoms with Gasteiger partial charge in [0.25, 0.3) is 12.9 Å². The number of hydrogen-bond acceptors (Lipinski definition) is 6. The van der Waals surface area contributed by atoms with Crippen molar-refractivity contribution in [2.45, 2.75) is 50.4 Å². The Bertz CT molecular complexity index is 1020. The van der Waals surface area contributed by atoms with Crippen LogP contribution in [0.4, 0.5) is 17.6 Å².